The highest BCUT2D eigenvalue weighted by atomic mass is 32.3. The topological polar surface area (TPSA) is 34.1 Å². The molecule has 0 aliphatic heterocycles. The molecule has 0 aromatic heterocycles. The molecule has 0 saturated heterocycles. The molecule has 0 aliphatic rings. The van der Waals surface area contributed by atoms with E-state index in [1.54, 1.807) is 24.3 Å². The molecule has 0 saturated carbocycles. The normalized spacial score (nSPS) is 11.2. The Kier molecular flexibility index (Phi) is 4.39. The number of rotatable bonds is 2. The summed E-state index contributed by atoms with van der Waals surface area (Å²) in [6.07, 6.45) is 0. The van der Waals surface area contributed by atoms with Crippen molar-refractivity contribution in [1.82, 2.24) is 0 Å². The van der Waals surface area contributed by atoms with Crippen LogP contribution >= 0.6 is 24.0 Å². The average Bonchev–Trinajstić information content (AvgIpc) is 2.40. The van der Waals surface area contributed by atoms with Gasteiger partial charge in [0.25, 0.3) is 0 Å². The van der Waals surface area contributed by atoms with Crippen LogP contribution in [-0.4, -0.2) is 11.9 Å². The maximum atomic E-state index is 12.3. The van der Waals surface area contributed by atoms with E-state index in [1.165, 1.54) is 0 Å². The van der Waals surface area contributed by atoms with Crippen molar-refractivity contribution in [3.8, 4) is 0 Å². The zero-order chi connectivity index (χ0) is 13.9. The standard InChI is InChI=1S/C14H12O2S3/c1-11-7-9-13(10-8-11)19(15,16)14(17)18-12-5-3-2-4-6-12/h2-10H,1H3. The predicted molar refractivity (Wildman–Crippen MR) is 83.3 cm³/mol. The molecule has 0 atom stereocenters. The predicted octanol–water partition coefficient (Wildman–Crippen LogP) is 3.85. The van der Waals surface area contributed by atoms with Crippen LogP contribution in [0.2, 0.25) is 0 Å². The molecule has 0 bridgehead atoms. The van der Waals surface area contributed by atoms with E-state index in [0.29, 0.717) is 0 Å². The number of aryl methyl sites for hydroxylation is 1. The molecule has 0 amide bonds. The number of benzene rings is 2. The quantitative estimate of drug-likeness (QED) is 0.623. The van der Waals surface area contributed by atoms with Gasteiger partial charge in [-0.25, -0.2) is 8.42 Å². The highest BCUT2D eigenvalue weighted by Gasteiger charge is 2.21. The minimum atomic E-state index is -3.56. The molecular weight excluding hydrogens is 296 g/mol. The molecule has 0 heterocycles. The lowest BCUT2D eigenvalue weighted by atomic mass is 10.2. The fraction of sp³-hybridized carbons (Fsp3) is 0.0714. The van der Waals surface area contributed by atoms with Crippen molar-refractivity contribution in [3.63, 3.8) is 0 Å². The molecule has 0 radical (unpaired) electrons. The molecule has 0 N–H and O–H groups in total. The third kappa shape index (κ3) is 3.43. The third-order valence-electron chi connectivity index (χ3n) is 2.50. The summed E-state index contributed by atoms with van der Waals surface area (Å²) in [6, 6.07) is 16.0. The molecule has 2 aromatic carbocycles. The van der Waals surface area contributed by atoms with E-state index in [1.807, 2.05) is 37.3 Å². The third-order valence-corrected chi connectivity index (χ3v) is 6.32. The second-order valence-electron chi connectivity index (χ2n) is 3.98. The highest BCUT2D eigenvalue weighted by Crippen LogP contribution is 2.26. The number of hydrogen-bond donors (Lipinski definition) is 0. The fourth-order valence-corrected chi connectivity index (χ4v) is 4.22. The molecule has 0 spiro atoms. The maximum Gasteiger partial charge on any atom is 0.223 e. The van der Waals surface area contributed by atoms with Crippen LogP contribution in [0.15, 0.2) is 64.4 Å². The van der Waals surface area contributed by atoms with Gasteiger partial charge in [0.05, 0.1) is 4.90 Å². The Morgan fingerprint density at radius 3 is 2.16 bits per heavy atom. The molecule has 2 nitrogen and oxygen atoms in total. The molecule has 5 heteroatoms. The van der Waals surface area contributed by atoms with Crippen LogP contribution < -0.4 is 0 Å². The number of thioether (sulfide) groups is 1. The zero-order valence-electron chi connectivity index (χ0n) is 10.2. The smallest absolute Gasteiger partial charge is 0.217 e. The Morgan fingerprint density at radius 1 is 1.00 bits per heavy atom. The highest BCUT2D eigenvalue weighted by molar-refractivity contribution is 8.44. The van der Waals surface area contributed by atoms with Crippen LogP contribution in [0.4, 0.5) is 0 Å². The van der Waals surface area contributed by atoms with E-state index in [4.69, 9.17) is 12.2 Å². The van der Waals surface area contributed by atoms with Crippen LogP contribution in [0.1, 0.15) is 5.56 Å². The van der Waals surface area contributed by atoms with Gasteiger partial charge in [-0.05, 0) is 31.2 Å². The molecular formula is C14H12O2S3. The number of sulfone groups is 1. The van der Waals surface area contributed by atoms with Crippen molar-refractivity contribution in [2.45, 2.75) is 16.7 Å². The molecule has 0 aliphatic carbocycles. The SMILES string of the molecule is Cc1ccc(S(=O)(=O)C(=S)Sc2ccccc2)cc1. The van der Waals surface area contributed by atoms with Crippen LogP contribution in [0.3, 0.4) is 0 Å². The van der Waals surface area contributed by atoms with Crippen LogP contribution in [-0.2, 0) is 9.84 Å². The largest absolute Gasteiger partial charge is 0.223 e. The minimum Gasteiger partial charge on any atom is -0.217 e. The minimum absolute atomic E-state index is 0.0254. The van der Waals surface area contributed by atoms with Gasteiger partial charge < -0.3 is 0 Å². The van der Waals surface area contributed by atoms with E-state index < -0.39 is 9.84 Å². The molecule has 2 rings (SSSR count). The lowest BCUT2D eigenvalue weighted by Crippen LogP contribution is -2.09. The Hall–Kier alpha value is -1.17. The first-order valence-corrected chi connectivity index (χ1v) is 8.29. The van der Waals surface area contributed by atoms with E-state index >= 15 is 0 Å². The maximum absolute atomic E-state index is 12.3. The summed E-state index contributed by atoms with van der Waals surface area (Å²) in [7, 11) is -3.56. The van der Waals surface area contributed by atoms with Crippen molar-refractivity contribution in [3.05, 3.63) is 60.2 Å². The van der Waals surface area contributed by atoms with Crippen LogP contribution in [0.5, 0.6) is 0 Å². The van der Waals surface area contributed by atoms with Crippen molar-refractivity contribution in [2.75, 3.05) is 0 Å². The fourth-order valence-electron chi connectivity index (χ4n) is 1.45. The van der Waals surface area contributed by atoms with Gasteiger partial charge in [-0.15, -0.1) is 0 Å². The Morgan fingerprint density at radius 2 is 1.58 bits per heavy atom. The van der Waals surface area contributed by atoms with E-state index in [-0.39, 0.29) is 8.42 Å². The summed E-state index contributed by atoms with van der Waals surface area (Å²) in [6.45, 7) is 1.91. The second-order valence-corrected chi connectivity index (χ2v) is 8.14. The average molecular weight is 308 g/mol. The van der Waals surface area contributed by atoms with Gasteiger partial charge in [0.2, 0.25) is 9.84 Å². The summed E-state index contributed by atoms with van der Waals surface area (Å²) >= 11 is 6.16. The molecule has 98 valence electrons. The van der Waals surface area contributed by atoms with Gasteiger partial charge in [-0.2, -0.15) is 0 Å². The summed E-state index contributed by atoms with van der Waals surface area (Å²) < 4.78 is 24.5. The van der Waals surface area contributed by atoms with E-state index in [2.05, 4.69) is 0 Å². The van der Waals surface area contributed by atoms with Crippen LogP contribution in [0, 0.1) is 6.92 Å². The summed E-state index contributed by atoms with van der Waals surface area (Å²) in [5.41, 5.74) is 1.01. The van der Waals surface area contributed by atoms with Gasteiger partial charge in [0.1, 0.15) is 0 Å². The number of thiocarbonyl (C=S) groups is 1. The first-order chi connectivity index (χ1) is 9.00. The first kappa shape index (κ1) is 14.2. The van der Waals surface area contributed by atoms with Gasteiger partial charge in [-0.3, -0.25) is 0 Å². The van der Waals surface area contributed by atoms with Crippen molar-refractivity contribution >= 4 is 37.3 Å². The Bertz CT molecular complexity index is 674. The molecule has 19 heavy (non-hydrogen) atoms. The Balaban J connectivity index is 2.25. The van der Waals surface area contributed by atoms with Gasteiger partial charge in [0, 0.05) is 4.90 Å². The Labute approximate surface area is 122 Å². The number of hydrogen-bond acceptors (Lipinski definition) is 4. The zero-order valence-corrected chi connectivity index (χ0v) is 12.7. The summed E-state index contributed by atoms with van der Waals surface area (Å²) in [5.74, 6) is 0. The molecule has 0 fully saturated rings. The van der Waals surface area contributed by atoms with E-state index in [9.17, 15) is 8.42 Å². The van der Waals surface area contributed by atoms with Gasteiger partial charge in [-0.1, -0.05) is 59.9 Å². The summed E-state index contributed by atoms with van der Waals surface area (Å²) in [4.78, 5) is 1.06. The molecule has 0 unspecified atom stereocenters. The van der Waals surface area contributed by atoms with E-state index in [0.717, 1.165) is 22.2 Å². The summed E-state index contributed by atoms with van der Waals surface area (Å²) in [5, 5.41) is 0. The lowest BCUT2D eigenvalue weighted by Gasteiger charge is -2.06. The van der Waals surface area contributed by atoms with Crippen molar-refractivity contribution in [2.24, 2.45) is 0 Å². The van der Waals surface area contributed by atoms with Crippen LogP contribution in [0.25, 0.3) is 0 Å². The van der Waals surface area contributed by atoms with Crippen molar-refractivity contribution < 1.29 is 8.42 Å². The second kappa shape index (κ2) is 5.86. The van der Waals surface area contributed by atoms with Gasteiger partial charge >= 0.3 is 0 Å². The monoisotopic (exact) mass is 308 g/mol. The first-order valence-electron chi connectivity index (χ1n) is 5.59. The lowest BCUT2D eigenvalue weighted by molar-refractivity contribution is 0.608. The van der Waals surface area contributed by atoms with Gasteiger partial charge in [0.15, 0.2) is 3.53 Å². The van der Waals surface area contributed by atoms with Crippen molar-refractivity contribution in [1.29, 1.82) is 0 Å². The molecule has 2 aromatic rings.